The average molecular weight is 569 g/mol. The van der Waals surface area contributed by atoms with Crippen LogP contribution >= 0.6 is 0 Å². The molecule has 10 nitrogen and oxygen atoms in total. The van der Waals surface area contributed by atoms with Gasteiger partial charge in [0.15, 0.2) is 0 Å². The Morgan fingerprint density at radius 1 is 1.14 bits per heavy atom. The van der Waals surface area contributed by atoms with Crippen LogP contribution in [0, 0.1) is 17.1 Å². The Balaban J connectivity index is 1.79. The zero-order valence-corrected chi connectivity index (χ0v) is 23.0. The van der Waals surface area contributed by atoms with Gasteiger partial charge in [0.25, 0.3) is 5.91 Å². The molecule has 3 heterocycles. The van der Waals surface area contributed by atoms with E-state index in [4.69, 9.17) is 20.9 Å². The first kappa shape index (κ1) is 28.5. The monoisotopic (exact) mass is 568 g/mol. The van der Waals surface area contributed by atoms with Gasteiger partial charge in [-0.2, -0.15) is 5.26 Å². The van der Waals surface area contributed by atoms with E-state index < -0.39 is 11.7 Å². The van der Waals surface area contributed by atoms with Crippen LogP contribution in [0.4, 0.5) is 10.1 Å². The number of aromatic nitrogens is 2. The SMILES string of the molecule is COc1cc(-c2ccc(-c3cnccc3C#N)cc2N2C[C@@H](N)C[C@H]2CO)c(C(N)=O)nc1-c1c(F)cccc1OC. The summed E-state index contributed by atoms with van der Waals surface area (Å²) >= 11 is 0. The van der Waals surface area contributed by atoms with Crippen molar-refractivity contribution < 1.29 is 23.8 Å². The Morgan fingerprint density at radius 2 is 1.93 bits per heavy atom. The molecule has 0 unspecified atom stereocenters. The highest BCUT2D eigenvalue weighted by Gasteiger charge is 2.33. The van der Waals surface area contributed by atoms with Crippen LogP contribution in [0.5, 0.6) is 11.5 Å². The molecule has 2 aromatic carbocycles. The fourth-order valence-electron chi connectivity index (χ4n) is 5.43. The lowest BCUT2D eigenvalue weighted by Gasteiger charge is -2.29. The molecule has 214 valence electrons. The highest BCUT2D eigenvalue weighted by Crippen LogP contribution is 2.44. The van der Waals surface area contributed by atoms with E-state index in [-0.39, 0.29) is 47.1 Å². The Hall–Kier alpha value is -5.05. The van der Waals surface area contributed by atoms with Gasteiger partial charge < -0.3 is 30.9 Å². The van der Waals surface area contributed by atoms with Crippen LogP contribution in [0.15, 0.2) is 60.9 Å². The molecule has 1 aliphatic rings. The summed E-state index contributed by atoms with van der Waals surface area (Å²) in [5, 5.41) is 19.9. The first-order valence-electron chi connectivity index (χ1n) is 13.1. The van der Waals surface area contributed by atoms with Gasteiger partial charge in [-0.1, -0.05) is 18.2 Å². The molecule has 0 saturated carbocycles. The number of ether oxygens (including phenoxy) is 2. The highest BCUT2D eigenvalue weighted by atomic mass is 19.1. The third-order valence-electron chi connectivity index (χ3n) is 7.38. The number of amides is 1. The first-order chi connectivity index (χ1) is 20.3. The first-order valence-corrected chi connectivity index (χ1v) is 13.1. The molecule has 1 aliphatic heterocycles. The van der Waals surface area contributed by atoms with Crippen molar-refractivity contribution in [3.63, 3.8) is 0 Å². The van der Waals surface area contributed by atoms with E-state index >= 15 is 4.39 Å². The lowest BCUT2D eigenvalue weighted by Crippen LogP contribution is -2.33. The number of halogens is 1. The van der Waals surface area contributed by atoms with Gasteiger partial charge in [-0.3, -0.25) is 9.78 Å². The topological polar surface area (TPSA) is 161 Å². The lowest BCUT2D eigenvalue weighted by molar-refractivity contribution is 0.0996. The zero-order chi connectivity index (χ0) is 30.0. The number of benzene rings is 2. The Morgan fingerprint density at radius 3 is 2.62 bits per heavy atom. The molecule has 0 aliphatic carbocycles. The summed E-state index contributed by atoms with van der Waals surface area (Å²) in [6.45, 7) is 0.283. The number of aliphatic hydroxyl groups is 1. The maximum atomic E-state index is 15.1. The maximum Gasteiger partial charge on any atom is 0.267 e. The van der Waals surface area contributed by atoms with Crippen LogP contribution in [-0.4, -0.2) is 60.4 Å². The van der Waals surface area contributed by atoms with E-state index in [9.17, 15) is 15.2 Å². The van der Waals surface area contributed by atoms with Crippen LogP contribution < -0.4 is 25.8 Å². The summed E-state index contributed by atoms with van der Waals surface area (Å²) in [6.07, 6.45) is 3.70. The van der Waals surface area contributed by atoms with Crippen LogP contribution in [0.25, 0.3) is 33.5 Å². The molecular formula is C31H29FN6O4. The normalized spacial score (nSPS) is 16.2. The summed E-state index contributed by atoms with van der Waals surface area (Å²) in [6, 6.07) is 14.7. The van der Waals surface area contributed by atoms with Crippen LogP contribution in [0.2, 0.25) is 0 Å². The molecule has 1 fully saturated rings. The molecule has 11 heteroatoms. The molecule has 2 aromatic heterocycles. The third-order valence-corrected chi connectivity index (χ3v) is 7.38. The van der Waals surface area contributed by atoms with Crippen molar-refractivity contribution in [2.24, 2.45) is 11.5 Å². The van der Waals surface area contributed by atoms with Crippen molar-refractivity contribution in [2.75, 3.05) is 32.3 Å². The number of hydrogen-bond donors (Lipinski definition) is 3. The van der Waals surface area contributed by atoms with Crippen molar-refractivity contribution in [2.45, 2.75) is 18.5 Å². The van der Waals surface area contributed by atoms with E-state index in [1.54, 1.807) is 42.7 Å². The number of nitrogens with zero attached hydrogens (tertiary/aromatic N) is 4. The van der Waals surface area contributed by atoms with Gasteiger partial charge >= 0.3 is 0 Å². The minimum absolute atomic E-state index is 0.0212. The van der Waals surface area contributed by atoms with Crippen molar-refractivity contribution in [1.82, 2.24) is 9.97 Å². The molecule has 1 amide bonds. The number of pyridine rings is 2. The van der Waals surface area contributed by atoms with Gasteiger partial charge in [0.2, 0.25) is 0 Å². The van der Waals surface area contributed by atoms with Crippen molar-refractivity contribution in [3.8, 4) is 51.1 Å². The molecule has 1 saturated heterocycles. The van der Waals surface area contributed by atoms with Crippen LogP contribution in [0.3, 0.4) is 0 Å². The summed E-state index contributed by atoms with van der Waals surface area (Å²) < 4.78 is 26.1. The van der Waals surface area contributed by atoms with E-state index in [0.717, 1.165) is 0 Å². The Labute approximate surface area is 242 Å². The smallest absolute Gasteiger partial charge is 0.267 e. The quantitative estimate of drug-likeness (QED) is 0.289. The second-order valence-corrected chi connectivity index (χ2v) is 9.87. The molecule has 5 rings (SSSR count). The summed E-state index contributed by atoms with van der Waals surface area (Å²) in [5.74, 6) is -1.06. The maximum absolute atomic E-state index is 15.1. The van der Waals surface area contributed by atoms with E-state index in [0.29, 0.717) is 46.5 Å². The number of nitrogens with two attached hydrogens (primary N) is 2. The number of primary amides is 1. The van der Waals surface area contributed by atoms with Gasteiger partial charge in [0, 0.05) is 47.4 Å². The lowest BCUT2D eigenvalue weighted by atomic mass is 9.94. The molecular weight excluding hydrogens is 539 g/mol. The van der Waals surface area contributed by atoms with Crippen LogP contribution in [-0.2, 0) is 0 Å². The second kappa shape index (κ2) is 11.8. The summed E-state index contributed by atoms with van der Waals surface area (Å²) in [7, 11) is 2.82. The molecule has 0 spiro atoms. The molecule has 42 heavy (non-hydrogen) atoms. The van der Waals surface area contributed by atoms with Gasteiger partial charge in [0.05, 0.1) is 44.1 Å². The molecule has 5 N–H and O–H groups in total. The van der Waals surface area contributed by atoms with Gasteiger partial charge in [-0.25, -0.2) is 9.37 Å². The largest absolute Gasteiger partial charge is 0.496 e. The van der Waals surface area contributed by atoms with E-state index in [1.807, 2.05) is 11.0 Å². The number of nitriles is 1. The standard InChI is InChI=1S/C31H29FN6O4/c1-41-26-5-3-4-24(32)28(26)30-27(42-2)12-22(29(37-30)31(35)40)21-7-6-17(23-14-36-9-8-18(23)13-33)10-25(21)38-15-19(34)11-20(38)16-39/h3-10,12,14,19-20,39H,11,15-16,34H2,1-2H3,(H2,35,40)/t19-,20-/m0/s1. The molecule has 4 aromatic rings. The van der Waals surface area contributed by atoms with Crippen molar-refractivity contribution >= 4 is 11.6 Å². The average Bonchev–Trinajstić information content (AvgIpc) is 3.40. The number of hydrogen-bond acceptors (Lipinski definition) is 9. The number of anilines is 1. The number of aliphatic hydroxyl groups excluding tert-OH is 1. The predicted octanol–water partition coefficient (Wildman–Crippen LogP) is 3.50. The second-order valence-electron chi connectivity index (χ2n) is 9.87. The number of carbonyl (C=O) groups excluding carboxylic acids is 1. The van der Waals surface area contributed by atoms with Crippen molar-refractivity contribution in [1.29, 1.82) is 5.26 Å². The molecule has 0 radical (unpaired) electrons. The summed E-state index contributed by atoms with van der Waals surface area (Å²) in [4.78, 5) is 23.6. The minimum atomic E-state index is -0.838. The molecule has 2 atom stereocenters. The third kappa shape index (κ3) is 5.09. The highest BCUT2D eigenvalue weighted by molar-refractivity contribution is 6.02. The Kier molecular flexibility index (Phi) is 8.01. The van der Waals surface area contributed by atoms with Crippen LogP contribution in [0.1, 0.15) is 22.5 Å². The minimum Gasteiger partial charge on any atom is -0.496 e. The number of carbonyl (C=O) groups is 1. The Bertz CT molecular complexity index is 1710. The fourth-order valence-corrected chi connectivity index (χ4v) is 5.43. The van der Waals surface area contributed by atoms with Gasteiger partial charge in [0.1, 0.15) is 28.7 Å². The summed E-state index contributed by atoms with van der Waals surface area (Å²) in [5.41, 5.74) is 15.4. The fraction of sp³-hybridized carbons (Fsp3) is 0.226. The van der Waals surface area contributed by atoms with Gasteiger partial charge in [-0.05, 0) is 42.3 Å². The number of methoxy groups -OCH3 is 2. The van der Waals surface area contributed by atoms with E-state index in [1.165, 1.54) is 26.4 Å². The van der Waals surface area contributed by atoms with Gasteiger partial charge in [-0.15, -0.1) is 0 Å². The predicted molar refractivity (Wildman–Crippen MR) is 155 cm³/mol. The number of rotatable bonds is 8. The molecule has 0 bridgehead atoms. The van der Waals surface area contributed by atoms with E-state index in [2.05, 4.69) is 16.0 Å². The zero-order valence-electron chi connectivity index (χ0n) is 23.0. The van der Waals surface area contributed by atoms with Crippen molar-refractivity contribution in [3.05, 3.63) is 78.0 Å².